The maximum Gasteiger partial charge on any atom is 0.0271 e. The Bertz CT molecular complexity index is 255. The fourth-order valence-corrected chi connectivity index (χ4v) is 2.69. The standard InChI is InChI=1S/C10H12S.C2H6/c1-8-10-5-3-2-4-9(10)6-7-11-8;1-2/h2-5,8H,6-7H2,1H3;1-2H3. The van der Waals surface area contributed by atoms with E-state index >= 15 is 0 Å². The quantitative estimate of drug-likeness (QED) is 0.600. The molecule has 0 spiro atoms. The number of benzene rings is 1. The van der Waals surface area contributed by atoms with Crippen LogP contribution in [0.25, 0.3) is 0 Å². The molecule has 1 unspecified atom stereocenters. The highest BCUT2D eigenvalue weighted by molar-refractivity contribution is 7.99. The third-order valence-electron chi connectivity index (χ3n) is 2.23. The molecule has 1 aromatic carbocycles. The van der Waals surface area contributed by atoms with Gasteiger partial charge in [-0.25, -0.2) is 0 Å². The van der Waals surface area contributed by atoms with Crippen LogP contribution in [0.1, 0.15) is 37.1 Å². The van der Waals surface area contributed by atoms with Crippen molar-refractivity contribution in [3.63, 3.8) is 0 Å². The Balaban J connectivity index is 0.000000396. The molecule has 0 bridgehead atoms. The van der Waals surface area contributed by atoms with E-state index in [1.807, 2.05) is 13.8 Å². The summed E-state index contributed by atoms with van der Waals surface area (Å²) in [5.74, 6) is 1.29. The highest BCUT2D eigenvalue weighted by atomic mass is 32.2. The van der Waals surface area contributed by atoms with E-state index in [0.29, 0.717) is 5.25 Å². The Hall–Kier alpha value is -0.430. The molecule has 0 amide bonds. The van der Waals surface area contributed by atoms with E-state index in [-0.39, 0.29) is 0 Å². The summed E-state index contributed by atoms with van der Waals surface area (Å²) in [7, 11) is 0. The summed E-state index contributed by atoms with van der Waals surface area (Å²) in [6.07, 6.45) is 1.26. The Labute approximate surface area is 85.7 Å². The minimum atomic E-state index is 0.708. The predicted molar refractivity (Wildman–Crippen MR) is 62.4 cm³/mol. The van der Waals surface area contributed by atoms with Crippen LogP contribution in [-0.2, 0) is 6.42 Å². The van der Waals surface area contributed by atoms with Crippen molar-refractivity contribution in [1.82, 2.24) is 0 Å². The summed E-state index contributed by atoms with van der Waals surface area (Å²) < 4.78 is 0. The summed E-state index contributed by atoms with van der Waals surface area (Å²) in [5.41, 5.74) is 3.10. The first-order chi connectivity index (χ1) is 6.38. The van der Waals surface area contributed by atoms with Crippen LogP contribution in [0.5, 0.6) is 0 Å². The molecule has 0 saturated carbocycles. The van der Waals surface area contributed by atoms with Crippen LogP contribution in [-0.4, -0.2) is 5.75 Å². The molecular formula is C12H18S. The third kappa shape index (κ3) is 2.50. The van der Waals surface area contributed by atoms with Crippen LogP contribution in [0.3, 0.4) is 0 Å². The first-order valence-electron chi connectivity index (χ1n) is 5.07. The van der Waals surface area contributed by atoms with Gasteiger partial charge in [-0.05, 0) is 30.2 Å². The van der Waals surface area contributed by atoms with Gasteiger partial charge in [0.1, 0.15) is 0 Å². The molecule has 13 heavy (non-hydrogen) atoms. The Morgan fingerprint density at radius 2 is 1.92 bits per heavy atom. The second-order valence-electron chi connectivity index (χ2n) is 2.96. The predicted octanol–water partition coefficient (Wildman–Crippen LogP) is 4.06. The Morgan fingerprint density at radius 1 is 1.23 bits per heavy atom. The molecule has 2 rings (SSSR count). The van der Waals surface area contributed by atoms with Crippen molar-refractivity contribution in [2.24, 2.45) is 0 Å². The minimum Gasteiger partial charge on any atom is -0.154 e. The lowest BCUT2D eigenvalue weighted by Gasteiger charge is -2.21. The van der Waals surface area contributed by atoms with Gasteiger partial charge in [0.25, 0.3) is 0 Å². The average molecular weight is 194 g/mol. The normalized spacial score (nSPS) is 19.8. The summed E-state index contributed by atoms with van der Waals surface area (Å²) in [5, 5.41) is 0.708. The maximum absolute atomic E-state index is 2.29. The lowest BCUT2D eigenvalue weighted by Crippen LogP contribution is -2.04. The van der Waals surface area contributed by atoms with E-state index in [9.17, 15) is 0 Å². The Morgan fingerprint density at radius 3 is 2.62 bits per heavy atom. The molecule has 1 aliphatic heterocycles. The molecule has 0 nitrogen and oxygen atoms in total. The number of rotatable bonds is 0. The number of thioether (sulfide) groups is 1. The number of fused-ring (bicyclic) bond motifs is 1. The van der Waals surface area contributed by atoms with E-state index in [1.54, 1.807) is 11.1 Å². The zero-order valence-corrected chi connectivity index (χ0v) is 9.53. The maximum atomic E-state index is 2.29. The van der Waals surface area contributed by atoms with Crippen molar-refractivity contribution >= 4 is 11.8 Å². The molecule has 0 N–H and O–H groups in total. The summed E-state index contributed by atoms with van der Waals surface area (Å²) >= 11 is 2.06. The fraction of sp³-hybridized carbons (Fsp3) is 0.500. The van der Waals surface area contributed by atoms with E-state index in [1.165, 1.54) is 12.2 Å². The number of hydrogen-bond acceptors (Lipinski definition) is 1. The second-order valence-corrected chi connectivity index (χ2v) is 4.41. The van der Waals surface area contributed by atoms with E-state index in [0.717, 1.165) is 0 Å². The average Bonchev–Trinajstić information content (AvgIpc) is 2.22. The smallest absolute Gasteiger partial charge is 0.0271 e. The fourth-order valence-electron chi connectivity index (χ4n) is 1.59. The molecule has 0 saturated heterocycles. The van der Waals surface area contributed by atoms with Gasteiger partial charge in [0.15, 0.2) is 0 Å². The van der Waals surface area contributed by atoms with Gasteiger partial charge in [-0.3, -0.25) is 0 Å². The first-order valence-corrected chi connectivity index (χ1v) is 6.12. The molecule has 72 valence electrons. The van der Waals surface area contributed by atoms with Gasteiger partial charge in [0.2, 0.25) is 0 Å². The van der Waals surface area contributed by atoms with Crippen molar-refractivity contribution in [3.05, 3.63) is 35.4 Å². The number of hydrogen-bond donors (Lipinski definition) is 0. The van der Waals surface area contributed by atoms with Gasteiger partial charge in [-0.15, -0.1) is 0 Å². The van der Waals surface area contributed by atoms with E-state index in [2.05, 4.69) is 43.0 Å². The summed E-state index contributed by atoms with van der Waals surface area (Å²) in [6, 6.07) is 8.79. The SMILES string of the molecule is CC.CC1SCCc2ccccc21. The monoisotopic (exact) mass is 194 g/mol. The van der Waals surface area contributed by atoms with E-state index < -0.39 is 0 Å². The van der Waals surface area contributed by atoms with Gasteiger partial charge < -0.3 is 0 Å². The van der Waals surface area contributed by atoms with Crippen LogP contribution in [0, 0.1) is 0 Å². The summed E-state index contributed by atoms with van der Waals surface area (Å²) in [4.78, 5) is 0. The molecule has 0 radical (unpaired) electrons. The van der Waals surface area contributed by atoms with Gasteiger partial charge in [0, 0.05) is 5.25 Å². The molecule has 0 aliphatic carbocycles. The highest BCUT2D eigenvalue weighted by Gasteiger charge is 2.14. The zero-order valence-electron chi connectivity index (χ0n) is 8.71. The van der Waals surface area contributed by atoms with Crippen molar-refractivity contribution in [1.29, 1.82) is 0 Å². The van der Waals surface area contributed by atoms with Crippen molar-refractivity contribution in [2.45, 2.75) is 32.4 Å². The topological polar surface area (TPSA) is 0 Å². The molecule has 1 heteroatoms. The van der Waals surface area contributed by atoms with Gasteiger partial charge in [-0.2, -0.15) is 11.8 Å². The van der Waals surface area contributed by atoms with E-state index in [4.69, 9.17) is 0 Å². The largest absolute Gasteiger partial charge is 0.154 e. The van der Waals surface area contributed by atoms with Gasteiger partial charge in [-0.1, -0.05) is 38.1 Å². The molecule has 0 aromatic heterocycles. The van der Waals surface area contributed by atoms with Crippen LogP contribution in [0.2, 0.25) is 0 Å². The van der Waals surface area contributed by atoms with Crippen molar-refractivity contribution < 1.29 is 0 Å². The van der Waals surface area contributed by atoms with Gasteiger partial charge in [0.05, 0.1) is 0 Å². The molecule has 1 atom stereocenters. The first kappa shape index (κ1) is 10.6. The van der Waals surface area contributed by atoms with Crippen LogP contribution in [0.4, 0.5) is 0 Å². The Kier molecular flexibility index (Phi) is 4.37. The van der Waals surface area contributed by atoms with Crippen molar-refractivity contribution in [2.75, 3.05) is 5.75 Å². The third-order valence-corrected chi connectivity index (χ3v) is 3.43. The lowest BCUT2D eigenvalue weighted by atomic mass is 10.0. The second kappa shape index (κ2) is 5.33. The zero-order chi connectivity index (χ0) is 9.68. The molecule has 1 aromatic rings. The molecule has 1 aliphatic rings. The van der Waals surface area contributed by atoms with Crippen LogP contribution in [0.15, 0.2) is 24.3 Å². The van der Waals surface area contributed by atoms with Crippen LogP contribution < -0.4 is 0 Å². The minimum absolute atomic E-state index is 0.708. The molecule has 0 fully saturated rings. The highest BCUT2D eigenvalue weighted by Crippen LogP contribution is 2.35. The molecule has 1 heterocycles. The van der Waals surface area contributed by atoms with Crippen molar-refractivity contribution in [3.8, 4) is 0 Å². The van der Waals surface area contributed by atoms with Gasteiger partial charge >= 0.3 is 0 Å². The molecular weight excluding hydrogens is 176 g/mol. The lowest BCUT2D eigenvalue weighted by molar-refractivity contribution is 0.984. The van der Waals surface area contributed by atoms with Crippen LogP contribution >= 0.6 is 11.8 Å². The number of aryl methyl sites for hydroxylation is 1. The summed E-state index contributed by atoms with van der Waals surface area (Å²) in [6.45, 7) is 6.29.